The first-order chi connectivity index (χ1) is 12.1. The minimum atomic E-state index is -4.61. The molecule has 2 rings (SSSR count). The molecule has 2 aromatic carbocycles. The third-order valence-electron chi connectivity index (χ3n) is 4.14. The first kappa shape index (κ1) is 20.3. The van der Waals surface area contributed by atoms with Gasteiger partial charge in [-0.15, -0.1) is 0 Å². The predicted octanol–water partition coefficient (Wildman–Crippen LogP) is 5.13. The number of hydrogen-bond acceptors (Lipinski definition) is 2. The van der Waals surface area contributed by atoms with Crippen LogP contribution < -0.4 is 5.32 Å². The van der Waals surface area contributed by atoms with Gasteiger partial charge in [0, 0.05) is 11.6 Å². The molecule has 2 aromatic rings. The van der Waals surface area contributed by atoms with Crippen molar-refractivity contribution in [1.29, 1.82) is 0 Å². The topological polar surface area (TPSA) is 32.3 Å². The van der Waals surface area contributed by atoms with Gasteiger partial charge in [-0.2, -0.15) is 13.2 Å². The van der Waals surface area contributed by atoms with E-state index < -0.39 is 23.7 Å². The number of carbonyl (C=O) groups excluding carboxylic acids is 1. The monoisotopic (exact) mass is 384 g/mol. The Kier molecular flexibility index (Phi) is 6.31. The molecule has 3 nitrogen and oxygen atoms in total. The number of alkyl halides is 3. The van der Waals surface area contributed by atoms with Crippen molar-refractivity contribution in [1.82, 2.24) is 4.90 Å². The summed E-state index contributed by atoms with van der Waals surface area (Å²) in [5.74, 6) is -0.521. The second kappa shape index (κ2) is 8.10. The lowest BCUT2D eigenvalue weighted by molar-refractivity contribution is -0.137. The van der Waals surface area contributed by atoms with Crippen LogP contribution in [0.4, 0.5) is 18.9 Å². The van der Waals surface area contributed by atoms with E-state index in [0.717, 1.165) is 23.3 Å². The van der Waals surface area contributed by atoms with E-state index >= 15 is 0 Å². The minimum absolute atomic E-state index is 0.0418. The molecular weight excluding hydrogens is 365 g/mol. The van der Waals surface area contributed by atoms with Crippen LogP contribution in [0.3, 0.4) is 0 Å². The lowest BCUT2D eigenvalue weighted by atomic mass is 10.1. The van der Waals surface area contributed by atoms with Gasteiger partial charge in [0.25, 0.3) is 0 Å². The van der Waals surface area contributed by atoms with Gasteiger partial charge in [0.05, 0.1) is 17.3 Å². The number of hydrogen-bond donors (Lipinski definition) is 1. The van der Waals surface area contributed by atoms with Crippen LogP contribution in [0.15, 0.2) is 42.5 Å². The van der Waals surface area contributed by atoms with Crippen LogP contribution >= 0.6 is 11.6 Å². The maximum atomic E-state index is 13.1. The quantitative estimate of drug-likeness (QED) is 0.775. The maximum absolute atomic E-state index is 13.1. The van der Waals surface area contributed by atoms with Crippen LogP contribution in [-0.4, -0.2) is 23.9 Å². The zero-order chi connectivity index (χ0) is 19.5. The summed E-state index contributed by atoms with van der Waals surface area (Å²) >= 11 is 5.65. The van der Waals surface area contributed by atoms with Crippen molar-refractivity contribution in [2.24, 2.45) is 0 Å². The summed E-state index contributed by atoms with van der Waals surface area (Å²) in [6, 6.07) is 10.5. The minimum Gasteiger partial charge on any atom is -0.324 e. The summed E-state index contributed by atoms with van der Waals surface area (Å²) in [4.78, 5) is 14.2. The van der Waals surface area contributed by atoms with Gasteiger partial charge >= 0.3 is 6.18 Å². The van der Waals surface area contributed by atoms with Crippen LogP contribution in [0.1, 0.15) is 23.6 Å². The predicted molar refractivity (Wildman–Crippen MR) is 97.2 cm³/mol. The smallest absolute Gasteiger partial charge is 0.324 e. The number of benzene rings is 2. The molecule has 1 atom stereocenters. The van der Waals surface area contributed by atoms with Crippen molar-refractivity contribution in [3.05, 3.63) is 64.2 Å². The number of amides is 1. The molecule has 7 heteroatoms. The van der Waals surface area contributed by atoms with Crippen molar-refractivity contribution in [2.75, 3.05) is 12.4 Å². The van der Waals surface area contributed by atoms with Crippen LogP contribution in [0.2, 0.25) is 5.02 Å². The highest BCUT2D eigenvalue weighted by molar-refractivity contribution is 6.30. The lowest BCUT2D eigenvalue weighted by Gasteiger charge is -2.24. The van der Waals surface area contributed by atoms with Crippen LogP contribution in [0.25, 0.3) is 0 Å². The van der Waals surface area contributed by atoms with Crippen LogP contribution in [0, 0.1) is 6.92 Å². The van der Waals surface area contributed by atoms with Crippen molar-refractivity contribution < 1.29 is 18.0 Å². The molecular formula is C19H20ClF3N2O. The number of likely N-dealkylation sites (N-methyl/N-ethyl adjacent to an activating group) is 1. The molecule has 26 heavy (non-hydrogen) atoms. The van der Waals surface area contributed by atoms with Gasteiger partial charge in [-0.25, -0.2) is 0 Å². The van der Waals surface area contributed by atoms with Gasteiger partial charge in [-0.3, -0.25) is 9.69 Å². The molecule has 0 saturated carbocycles. The Morgan fingerprint density at radius 1 is 1.19 bits per heavy atom. The van der Waals surface area contributed by atoms with E-state index in [2.05, 4.69) is 5.32 Å². The Hall–Kier alpha value is -2.05. The summed E-state index contributed by atoms with van der Waals surface area (Å²) in [5.41, 5.74) is 0.874. The molecule has 1 amide bonds. The highest BCUT2D eigenvalue weighted by Crippen LogP contribution is 2.36. The normalized spacial score (nSPS) is 12.9. The third-order valence-corrected chi connectivity index (χ3v) is 4.37. The average Bonchev–Trinajstić information content (AvgIpc) is 2.56. The number of aryl methyl sites for hydroxylation is 1. The second-order valence-electron chi connectivity index (χ2n) is 6.25. The Balaban J connectivity index is 2.10. The number of carbonyl (C=O) groups is 1. The Morgan fingerprint density at radius 2 is 1.81 bits per heavy atom. The van der Waals surface area contributed by atoms with Gasteiger partial charge in [0.2, 0.25) is 5.91 Å². The fraction of sp³-hybridized carbons (Fsp3) is 0.316. The van der Waals surface area contributed by atoms with E-state index in [4.69, 9.17) is 11.6 Å². The molecule has 140 valence electrons. The van der Waals surface area contributed by atoms with Crippen molar-refractivity contribution in [3.8, 4) is 0 Å². The maximum Gasteiger partial charge on any atom is 0.418 e. The number of halogens is 4. The molecule has 0 aliphatic heterocycles. The molecule has 0 aliphatic rings. The molecule has 0 aliphatic carbocycles. The fourth-order valence-corrected chi connectivity index (χ4v) is 2.59. The summed E-state index contributed by atoms with van der Waals surface area (Å²) < 4.78 is 39.4. The molecule has 0 spiro atoms. The van der Waals surface area contributed by atoms with Gasteiger partial charge in [-0.1, -0.05) is 41.4 Å². The van der Waals surface area contributed by atoms with Crippen molar-refractivity contribution in [2.45, 2.75) is 32.6 Å². The number of nitrogens with one attached hydrogen (secondary N) is 1. The summed E-state index contributed by atoms with van der Waals surface area (Å²) in [5, 5.41) is 2.32. The number of rotatable bonds is 5. The molecule has 0 unspecified atom stereocenters. The van der Waals surface area contributed by atoms with Crippen molar-refractivity contribution in [3.63, 3.8) is 0 Å². The van der Waals surface area contributed by atoms with Crippen LogP contribution in [-0.2, 0) is 17.5 Å². The van der Waals surface area contributed by atoms with E-state index in [1.807, 2.05) is 31.2 Å². The van der Waals surface area contributed by atoms with Crippen LogP contribution in [0.5, 0.6) is 0 Å². The summed E-state index contributed by atoms with van der Waals surface area (Å²) in [6.45, 7) is 4.13. The Morgan fingerprint density at radius 3 is 2.38 bits per heavy atom. The molecule has 0 saturated heterocycles. The number of anilines is 1. The van der Waals surface area contributed by atoms with Gasteiger partial charge in [-0.05, 0) is 44.7 Å². The molecule has 0 bridgehead atoms. The molecule has 0 aromatic heterocycles. The van der Waals surface area contributed by atoms with E-state index in [9.17, 15) is 18.0 Å². The largest absolute Gasteiger partial charge is 0.418 e. The van der Waals surface area contributed by atoms with Gasteiger partial charge in [0.15, 0.2) is 0 Å². The summed E-state index contributed by atoms with van der Waals surface area (Å²) in [7, 11) is 1.75. The Bertz CT molecular complexity index is 775. The average molecular weight is 385 g/mol. The molecule has 1 N–H and O–H groups in total. The SMILES string of the molecule is Cc1ccc(CN(C)[C@@H](C)C(=O)Nc2ccc(Cl)cc2C(F)(F)F)cc1. The zero-order valence-corrected chi connectivity index (χ0v) is 15.4. The van der Waals surface area contributed by atoms with Gasteiger partial charge < -0.3 is 5.32 Å². The lowest BCUT2D eigenvalue weighted by Crippen LogP contribution is -2.39. The zero-order valence-electron chi connectivity index (χ0n) is 14.7. The van der Waals surface area contributed by atoms with E-state index in [0.29, 0.717) is 6.54 Å². The Labute approximate surface area is 155 Å². The standard InChI is InChI=1S/C19H20ClF3N2O/c1-12-4-6-14(7-5-12)11-25(3)13(2)18(26)24-17-9-8-15(20)10-16(17)19(21,22)23/h4-10,13H,11H2,1-3H3,(H,24,26)/t13-/m0/s1. The highest BCUT2D eigenvalue weighted by Gasteiger charge is 2.34. The van der Waals surface area contributed by atoms with Gasteiger partial charge in [0.1, 0.15) is 0 Å². The summed E-state index contributed by atoms with van der Waals surface area (Å²) in [6.07, 6.45) is -4.61. The highest BCUT2D eigenvalue weighted by atomic mass is 35.5. The molecule has 0 heterocycles. The fourth-order valence-electron chi connectivity index (χ4n) is 2.42. The van der Waals surface area contributed by atoms with E-state index in [1.165, 1.54) is 6.07 Å². The second-order valence-corrected chi connectivity index (χ2v) is 6.69. The molecule has 0 radical (unpaired) electrons. The number of nitrogens with zero attached hydrogens (tertiary/aromatic N) is 1. The third kappa shape index (κ3) is 5.22. The first-order valence-corrected chi connectivity index (χ1v) is 8.39. The van der Waals surface area contributed by atoms with E-state index in [-0.39, 0.29) is 10.7 Å². The molecule has 0 fully saturated rings. The van der Waals surface area contributed by atoms with E-state index in [1.54, 1.807) is 18.9 Å². The van der Waals surface area contributed by atoms with Crippen molar-refractivity contribution >= 4 is 23.2 Å². The first-order valence-electron chi connectivity index (χ1n) is 8.01.